The second-order valence-electron chi connectivity index (χ2n) is 10.4. The summed E-state index contributed by atoms with van der Waals surface area (Å²) < 4.78 is 17.8. The zero-order valence-electron chi connectivity index (χ0n) is 22.1. The van der Waals surface area contributed by atoms with E-state index >= 15 is 0 Å². The number of likely N-dealkylation sites (tertiary alicyclic amines) is 1. The fraction of sp³-hybridized carbons (Fsp3) is 0.538. The van der Waals surface area contributed by atoms with Crippen LogP contribution in [0.15, 0.2) is 18.2 Å². The van der Waals surface area contributed by atoms with Gasteiger partial charge >= 0.3 is 6.09 Å². The third-order valence-corrected chi connectivity index (χ3v) is 7.89. The first kappa shape index (κ1) is 26.7. The van der Waals surface area contributed by atoms with E-state index in [1.54, 1.807) is 12.0 Å². The van der Waals surface area contributed by atoms with Crippen molar-refractivity contribution in [3.8, 4) is 16.5 Å². The van der Waals surface area contributed by atoms with Crippen LogP contribution in [-0.2, 0) is 9.47 Å². The minimum atomic E-state index is -0.550. The molecule has 0 saturated carbocycles. The van der Waals surface area contributed by atoms with Crippen LogP contribution in [0.3, 0.4) is 0 Å². The van der Waals surface area contributed by atoms with Crippen molar-refractivity contribution in [2.45, 2.75) is 45.3 Å². The summed E-state index contributed by atoms with van der Waals surface area (Å²) in [5.41, 5.74) is 0.930. The van der Waals surface area contributed by atoms with Crippen LogP contribution in [0.1, 0.15) is 33.6 Å². The van der Waals surface area contributed by atoms with Crippen LogP contribution in [0, 0.1) is 0 Å². The first-order valence-corrected chi connectivity index (χ1v) is 14.0. The Hall–Kier alpha value is -2.89. The summed E-state index contributed by atoms with van der Waals surface area (Å²) in [5.74, 6) is 1.61. The Labute approximate surface area is 231 Å². The monoisotopic (exact) mass is 560 g/mol. The van der Waals surface area contributed by atoms with Crippen molar-refractivity contribution in [2.75, 3.05) is 56.7 Å². The summed E-state index contributed by atoms with van der Waals surface area (Å²) in [6, 6.07) is 5.64. The SMILES string of the molecule is COc1nc(N2CCOCC2)nc(NC2CCCN(C(=O)OC(C)(C)C)C2)c1-c1nc2cccc(Cl)c2s1. The summed E-state index contributed by atoms with van der Waals surface area (Å²) >= 11 is 7.94. The lowest BCUT2D eigenvalue weighted by Gasteiger charge is -2.35. The highest BCUT2D eigenvalue weighted by Crippen LogP contribution is 2.42. The molecule has 2 saturated heterocycles. The van der Waals surface area contributed by atoms with Crippen molar-refractivity contribution in [2.24, 2.45) is 0 Å². The van der Waals surface area contributed by atoms with Gasteiger partial charge in [0.15, 0.2) is 0 Å². The van der Waals surface area contributed by atoms with E-state index in [1.165, 1.54) is 11.3 Å². The summed E-state index contributed by atoms with van der Waals surface area (Å²) in [5, 5.41) is 4.96. The average Bonchev–Trinajstić information content (AvgIpc) is 3.33. The molecule has 1 amide bonds. The fourth-order valence-electron chi connectivity index (χ4n) is 4.58. The predicted octanol–water partition coefficient (Wildman–Crippen LogP) is 5.06. The Bertz CT molecular complexity index is 1310. The summed E-state index contributed by atoms with van der Waals surface area (Å²) in [7, 11) is 1.60. The molecule has 5 rings (SSSR count). The zero-order valence-corrected chi connectivity index (χ0v) is 23.7. The topological polar surface area (TPSA) is 102 Å². The number of amides is 1. The molecular weight excluding hydrogens is 528 g/mol. The number of fused-ring (bicyclic) bond motifs is 1. The van der Waals surface area contributed by atoms with Gasteiger partial charge in [-0.1, -0.05) is 17.7 Å². The number of hydrogen-bond donors (Lipinski definition) is 1. The molecule has 12 heteroatoms. The molecule has 1 aromatic carbocycles. The number of aromatic nitrogens is 3. The average molecular weight is 561 g/mol. The lowest BCUT2D eigenvalue weighted by Crippen LogP contribution is -2.47. The van der Waals surface area contributed by atoms with Crippen molar-refractivity contribution in [1.82, 2.24) is 19.9 Å². The molecule has 2 aromatic heterocycles. The Kier molecular flexibility index (Phi) is 7.78. The van der Waals surface area contributed by atoms with E-state index in [0.29, 0.717) is 72.6 Å². The number of piperidine rings is 1. The number of benzene rings is 1. The zero-order chi connectivity index (χ0) is 26.9. The molecule has 0 spiro atoms. The number of morpholine rings is 1. The highest BCUT2D eigenvalue weighted by molar-refractivity contribution is 7.22. The molecule has 2 aliphatic rings. The predicted molar refractivity (Wildman–Crippen MR) is 150 cm³/mol. The Balaban J connectivity index is 1.52. The van der Waals surface area contributed by atoms with Gasteiger partial charge in [0.05, 0.1) is 35.6 Å². The molecule has 38 heavy (non-hydrogen) atoms. The lowest BCUT2D eigenvalue weighted by atomic mass is 10.1. The van der Waals surface area contributed by atoms with E-state index < -0.39 is 5.60 Å². The van der Waals surface area contributed by atoms with Crippen LogP contribution in [-0.4, -0.2) is 84.1 Å². The van der Waals surface area contributed by atoms with E-state index in [1.807, 2.05) is 39.0 Å². The normalized spacial score (nSPS) is 18.5. The maximum absolute atomic E-state index is 12.8. The molecule has 4 heterocycles. The van der Waals surface area contributed by atoms with Gasteiger partial charge in [-0.25, -0.2) is 9.78 Å². The van der Waals surface area contributed by atoms with Gasteiger partial charge in [-0.2, -0.15) is 9.97 Å². The van der Waals surface area contributed by atoms with Crippen LogP contribution < -0.4 is 15.0 Å². The number of halogens is 1. The minimum Gasteiger partial charge on any atom is -0.480 e. The molecular formula is C26H33ClN6O4S. The molecule has 0 aliphatic carbocycles. The third kappa shape index (κ3) is 5.89. The van der Waals surface area contributed by atoms with Crippen molar-refractivity contribution in [3.05, 3.63) is 23.2 Å². The van der Waals surface area contributed by atoms with Crippen molar-refractivity contribution >= 4 is 51.0 Å². The molecule has 0 bridgehead atoms. The van der Waals surface area contributed by atoms with Crippen LogP contribution in [0.5, 0.6) is 5.88 Å². The molecule has 10 nitrogen and oxygen atoms in total. The second-order valence-corrected chi connectivity index (χ2v) is 11.8. The van der Waals surface area contributed by atoms with Crippen LogP contribution in [0.25, 0.3) is 20.8 Å². The van der Waals surface area contributed by atoms with Gasteiger partial charge in [-0.3, -0.25) is 0 Å². The third-order valence-electron chi connectivity index (χ3n) is 6.35. The van der Waals surface area contributed by atoms with Gasteiger partial charge in [0, 0.05) is 32.2 Å². The van der Waals surface area contributed by atoms with E-state index in [-0.39, 0.29) is 12.1 Å². The van der Waals surface area contributed by atoms with Gasteiger partial charge in [0.1, 0.15) is 22.0 Å². The van der Waals surface area contributed by atoms with Crippen LogP contribution >= 0.6 is 22.9 Å². The molecule has 0 radical (unpaired) electrons. The number of hydrogen-bond acceptors (Lipinski definition) is 10. The molecule has 1 atom stereocenters. The highest BCUT2D eigenvalue weighted by Gasteiger charge is 2.30. The van der Waals surface area contributed by atoms with Gasteiger partial charge in [0.2, 0.25) is 11.8 Å². The quantitative estimate of drug-likeness (QED) is 0.458. The first-order valence-electron chi connectivity index (χ1n) is 12.8. The molecule has 2 aliphatic heterocycles. The van der Waals surface area contributed by atoms with Crippen molar-refractivity contribution in [1.29, 1.82) is 0 Å². The number of nitrogens with zero attached hydrogens (tertiary/aromatic N) is 5. The number of nitrogens with one attached hydrogen (secondary N) is 1. The molecule has 3 aromatic rings. The lowest BCUT2D eigenvalue weighted by molar-refractivity contribution is 0.0206. The molecule has 1 N–H and O–H groups in total. The summed E-state index contributed by atoms with van der Waals surface area (Å²) in [6.45, 7) is 9.38. The number of rotatable bonds is 5. The van der Waals surface area contributed by atoms with Gasteiger partial charge in [0.25, 0.3) is 0 Å². The number of anilines is 2. The molecule has 2 fully saturated rings. The number of methoxy groups -OCH3 is 1. The van der Waals surface area contributed by atoms with E-state index in [2.05, 4.69) is 10.2 Å². The molecule has 204 valence electrons. The Morgan fingerprint density at radius 2 is 1.97 bits per heavy atom. The Morgan fingerprint density at radius 3 is 2.68 bits per heavy atom. The van der Waals surface area contributed by atoms with Crippen molar-refractivity contribution in [3.63, 3.8) is 0 Å². The van der Waals surface area contributed by atoms with E-state index in [4.69, 9.17) is 40.8 Å². The minimum absolute atomic E-state index is 0.0369. The van der Waals surface area contributed by atoms with E-state index in [0.717, 1.165) is 23.1 Å². The molecule has 1 unspecified atom stereocenters. The smallest absolute Gasteiger partial charge is 0.410 e. The number of carbonyl (C=O) groups is 1. The van der Waals surface area contributed by atoms with E-state index in [9.17, 15) is 4.79 Å². The maximum atomic E-state index is 12.8. The maximum Gasteiger partial charge on any atom is 0.410 e. The summed E-state index contributed by atoms with van der Waals surface area (Å²) in [6.07, 6.45) is 1.42. The standard InChI is InChI=1S/C26H33ClN6O4S/c1-26(2,3)37-25(34)33-10-6-7-16(15-33)28-21-19(23-29-18-9-5-8-17(27)20(18)38-23)22(35-4)31-24(30-21)32-11-13-36-14-12-32/h5,8-9,16H,6-7,10-15H2,1-4H3,(H,28,30,31). The first-order chi connectivity index (χ1) is 18.2. The second kappa shape index (κ2) is 11.1. The van der Waals surface area contributed by atoms with Crippen molar-refractivity contribution < 1.29 is 19.0 Å². The van der Waals surface area contributed by atoms with Crippen LogP contribution in [0.2, 0.25) is 5.02 Å². The fourth-order valence-corrected chi connectivity index (χ4v) is 5.87. The van der Waals surface area contributed by atoms with Crippen LogP contribution in [0.4, 0.5) is 16.6 Å². The highest BCUT2D eigenvalue weighted by atomic mass is 35.5. The Morgan fingerprint density at radius 1 is 1.18 bits per heavy atom. The summed E-state index contributed by atoms with van der Waals surface area (Å²) in [4.78, 5) is 31.2. The number of thiazole rings is 1. The largest absolute Gasteiger partial charge is 0.480 e. The van der Waals surface area contributed by atoms with Gasteiger partial charge in [-0.15, -0.1) is 11.3 Å². The number of carbonyl (C=O) groups excluding carboxylic acids is 1. The van der Waals surface area contributed by atoms with Gasteiger partial charge < -0.3 is 29.3 Å². The van der Waals surface area contributed by atoms with Gasteiger partial charge in [-0.05, 0) is 45.7 Å². The number of ether oxygens (including phenoxy) is 3.